The van der Waals surface area contributed by atoms with Gasteiger partial charge in [0.2, 0.25) is 5.91 Å². The zero-order valence-electron chi connectivity index (χ0n) is 12.2. The van der Waals surface area contributed by atoms with Crippen LogP contribution in [0.15, 0.2) is 30.3 Å². The Balaban J connectivity index is 1.98. The van der Waals surface area contributed by atoms with E-state index >= 15 is 0 Å². The Morgan fingerprint density at radius 3 is 2.70 bits per heavy atom. The van der Waals surface area contributed by atoms with Crippen LogP contribution in [0.4, 0.5) is 0 Å². The van der Waals surface area contributed by atoms with Gasteiger partial charge >= 0.3 is 0 Å². The van der Waals surface area contributed by atoms with Gasteiger partial charge in [0.05, 0.1) is 6.54 Å². The Labute approximate surface area is 121 Å². The zero-order chi connectivity index (χ0) is 14.4. The molecule has 0 heterocycles. The van der Waals surface area contributed by atoms with Gasteiger partial charge in [0.1, 0.15) is 0 Å². The number of hydrogen-bond donors (Lipinski definition) is 2. The fourth-order valence-corrected chi connectivity index (χ4v) is 3.06. The van der Waals surface area contributed by atoms with Crippen LogP contribution in [-0.4, -0.2) is 36.5 Å². The maximum Gasteiger partial charge on any atom is 0.234 e. The van der Waals surface area contributed by atoms with Crippen molar-refractivity contribution in [1.29, 1.82) is 0 Å². The van der Waals surface area contributed by atoms with Crippen LogP contribution >= 0.6 is 0 Å². The Morgan fingerprint density at radius 1 is 1.30 bits per heavy atom. The average molecular weight is 275 g/mol. The van der Waals surface area contributed by atoms with Gasteiger partial charge in [0.25, 0.3) is 0 Å². The molecule has 0 bridgehead atoms. The van der Waals surface area contributed by atoms with E-state index in [0.717, 1.165) is 19.4 Å². The molecular formula is C16H25N3O. The zero-order valence-corrected chi connectivity index (χ0v) is 12.2. The first-order chi connectivity index (χ1) is 9.70. The van der Waals surface area contributed by atoms with Crippen LogP contribution in [0, 0.1) is 0 Å². The lowest BCUT2D eigenvalue weighted by atomic mass is 9.89. The summed E-state index contributed by atoms with van der Waals surface area (Å²) in [7, 11) is 2.14. The summed E-state index contributed by atoms with van der Waals surface area (Å²) in [4.78, 5) is 13.9. The van der Waals surface area contributed by atoms with Crippen LogP contribution < -0.4 is 11.1 Å². The molecule has 20 heavy (non-hydrogen) atoms. The van der Waals surface area contributed by atoms with Gasteiger partial charge in [0, 0.05) is 18.6 Å². The number of nitrogens with one attached hydrogen (secondary N) is 1. The number of likely N-dealkylation sites (N-methyl/N-ethyl adjacent to an activating group) is 1. The van der Waals surface area contributed by atoms with Crippen LogP contribution in [0.2, 0.25) is 0 Å². The van der Waals surface area contributed by atoms with E-state index in [-0.39, 0.29) is 18.5 Å². The van der Waals surface area contributed by atoms with E-state index in [1.165, 1.54) is 18.4 Å². The normalized spacial score (nSPS) is 22.8. The molecular weight excluding hydrogens is 250 g/mol. The predicted octanol–water partition coefficient (Wildman–Crippen LogP) is 1.50. The van der Waals surface area contributed by atoms with Crippen molar-refractivity contribution in [3.05, 3.63) is 35.9 Å². The molecule has 2 atom stereocenters. The first-order valence-electron chi connectivity index (χ1n) is 7.44. The van der Waals surface area contributed by atoms with Crippen LogP contribution in [0.25, 0.3) is 0 Å². The highest BCUT2D eigenvalue weighted by Crippen LogP contribution is 2.23. The third kappa shape index (κ3) is 4.05. The van der Waals surface area contributed by atoms with Crippen molar-refractivity contribution in [1.82, 2.24) is 10.2 Å². The van der Waals surface area contributed by atoms with E-state index in [2.05, 4.69) is 41.5 Å². The van der Waals surface area contributed by atoms with Gasteiger partial charge in [-0.25, -0.2) is 0 Å². The molecule has 1 aliphatic rings. The van der Waals surface area contributed by atoms with E-state index < -0.39 is 0 Å². The van der Waals surface area contributed by atoms with Gasteiger partial charge in [-0.2, -0.15) is 0 Å². The van der Waals surface area contributed by atoms with Gasteiger partial charge < -0.3 is 11.1 Å². The maximum absolute atomic E-state index is 11.6. The van der Waals surface area contributed by atoms with Crippen molar-refractivity contribution in [3.8, 4) is 0 Å². The second kappa shape index (κ2) is 7.41. The number of carbonyl (C=O) groups is 1. The van der Waals surface area contributed by atoms with E-state index in [0.29, 0.717) is 6.04 Å². The molecule has 110 valence electrons. The number of amides is 1. The van der Waals surface area contributed by atoms with Crippen molar-refractivity contribution in [2.45, 2.75) is 44.3 Å². The van der Waals surface area contributed by atoms with Crippen LogP contribution in [-0.2, 0) is 11.3 Å². The first kappa shape index (κ1) is 15.0. The number of nitrogens with zero attached hydrogens (tertiary/aromatic N) is 1. The fraction of sp³-hybridized carbons (Fsp3) is 0.562. The SMILES string of the molecule is CN(Cc1ccccc1)[C@H]1CCCC[C@H]1NC(=O)CN. The molecule has 3 N–H and O–H groups in total. The van der Waals surface area contributed by atoms with Gasteiger partial charge in [-0.1, -0.05) is 43.2 Å². The van der Waals surface area contributed by atoms with Gasteiger partial charge in [0.15, 0.2) is 0 Å². The number of rotatable bonds is 5. The highest BCUT2D eigenvalue weighted by molar-refractivity contribution is 5.78. The second-order valence-electron chi connectivity index (χ2n) is 5.63. The van der Waals surface area contributed by atoms with Crippen LogP contribution in [0.5, 0.6) is 0 Å². The van der Waals surface area contributed by atoms with E-state index in [1.807, 2.05) is 6.07 Å². The molecule has 1 aromatic rings. The van der Waals surface area contributed by atoms with Gasteiger partial charge in [-0.15, -0.1) is 0 Å². The first-order valence-corrected chi connectivity index (χ1v) is 7.44. The second-order valence-corrected chi connectivity index (χ2v) is 5.63. The predicted molar refractivity (Wildman–Crippen MR) is 81.2 cm³/mol. The van der Waals surface area contributed by atoms with Crippen molar-refractivity contribution in [2.75, 3.05) is 13.6 Å². The van der Waals surface area contributed by atoms with E-state index in [9.17, 15) is 4.79 Å². The minimum absolute atomic E-state index is 0.0463. The van der Waals surface area contributed by atoms with Crippen LogP contribution in [0.3, 0.4) is 0 Å². The van der Waals surface area contributed by atoms with Crippen molar-refractivity contribution < 1.29 is 4.79 Å². The van der Waals surface area contributed by atoms with Crippen molar-refractivity contribution >= 4 is 5.91 Å². The van der Waals surface area contributed by atoms with Crippen molar-refractivity contribution in [2.24, 2.45) is 5.73 Å². The van der Waals surface area contributed by atoms with Gasteiger partial charge in [-0.05, 0) is 25.5 Å². The maximum atomic E-state index is 11.6. The lowest BCUT2D eigenvalue weighted by Crippen LogP contribution is -2.53. The number of benzene rings is 1. The largest absolute Gasteiger partial charge is 0.351 e. The van der Waals surface area contributed by atoms with E-state index in [1.54, 1.807) is 0 Å². The highest BCUT2D eigenvalue weighted by atomic mass is 16.1. The average Bonchev–Trinajstić information content (AvgIpc) is 2.48. The quantitative estimate of drug-likeness (QED) is 0.856. The van der Waals surface area contributed by atoms with E-state index in [4.69, 9.17) is 5.73 Å². The summed E-state index contributed by atoms with van der Waals surface area (Å²) in [5.41, 5.74) is 6.72. The summed E-state index contributed by atoms with van der Waals surface area (Å²) in [6.45, 7) is 0.992. The fourth-order valence-electron chi connectivity index (χ4n) is 3.06. The molecule has 1 amide bonds. The number of hydrogen-bond acceptors (Lipinski definition) is 3. The molecule has 0 aliphatic heterocycles. The molecule has 0 unspecified atom stereocenters. The Morgan fingerprint density at radius 2 is 2.00 bits per heavy atom. The monoisotopic (exact) mass is 275 g/mol. The molecule has 4 heteroatoms. The van der Waals surface area contributed by atoms with Crippen LogP contribution in [0.1, 0.15) is 31.2 Å². The summed E-state index contributed by atoms with van der Waals surface area (Å²) < 4.78 is 0. The number of carbonyl (C=O) groups excluding carboxylic acids is 1. The summed E-state index contributed by atoms with van der Waals surface area (Å²) in [6, 6.07) is 11.1. The topological polar surface area (TPSA) is 58.4 Å². The molecule has 2 rings (SSSR count). The summed E-state index contributed by atoms with van der Waals surface area (Å²) in [6.07, 6.45) is 4.61. The lowest BCUT2D eigenvalue weighted by molar-refractivity contribution is -0.121. The molecule has 0 saturated heterocycles. The Hall–Kier alpha value is -1.39. The smallest absolute Gasteiger partial charge is 0.234 e. The molecule has 4 nitrogen and oxygen atoms in total. The Kier molecular flexibility index (Phi) is 5.56. The summed E-state index contributed by atoms with van der Waals surface area (Å²) in [5, 5.41) is 3.08. The minimum Gasteiger partial charge on any atom is -0.351 e. The summed E-state index contributed by atoms with van der Waals surface area (Å²) >= 11 is 0. The molecule has 0 spiro atoms. The third-order valence-electron chi connectivity index (χ3n) is 4.10. The highest BCUT2D eigenvalue weighted by Gasteiger charge is 2.29. The standard InChI is InChI=1S/C16H25N3O/c1-19(12-13-7-3-2-4-8-13)15-10-6-5-9-14(15)18-16(20)11-17/h2-4,7-8,14-15H,5-6,9-12,17H2,1H3,(H,18,20)/t14-,15+/m1/s1. The molecule has 1 fully saturated rings. The van der Waals surface area contributed by atoms with Gasteiger partial charge in [-0.3, -0.25) is 9.69 Å². The molecule has 1 saturated carbocycles. The third-order valence-corrected chi connectivity index (χ3v) is 4.10. The molecule has 0 radical (unpaired) electrons. The minimum atomic E-state index is -0.0463. The molecule has 1 aliphatic carbocycles. The molecule has 0 aromatic heterocycles. The Bertz CT molecular complexity index is 421. The molecule has 1 aromatic carbocycles. The summed E-state index contributed by atoms with van der Waals surface area (Å²) in [5.74, 6) is -0.0463. The van der Waals surface area contributed by atoms with Crippen molar-refractivity contribution in [3.63, 3.8) is 0 Å². The number of nitrogens with two attached hydrogens (primary N) is 1. The lowest BCUT2D eigenvalue weighted by Gasteiger charge is -2.38.